The smallest absolute Gasteiger partial charge is 0.390 e. The van der Waals surface area contributed by atoms with E-state index in [9.17, 15) is 22.0 Å². The van der Waals surface area contributed by atoms with Gasteiger partial charge in [-0.25, -0.2) is 8.78 Å². The van der Waals surface area contributed by atoms with Gasteiger partial charge in [0.1, 0.15) is 6.61 Å². The maximum atomic E-state index is 12.6. The molecule has 0 spiro atoms. The van der Waals surface area contributed by atoms with E-state index in [0.29, 0.717) is 0 Å². The summed E-state index contributed by atoms with van der Waals surface area (Å²) in [5, 5.41) is 10.5. The fourth-order valence-electron chi connectivity index (χ4n) is 1.06. The lowest BCUT2D eigenvalue weighted by Gasteiger charge is -2.15. The van der Waals surface area contributed by atoms with Crippen molar-refractivity contribution in [1.82, 2.24) is 0 Å². The normalized spacial score (nSPS) is 12.6. The molecule has 0 fully saturated rings. The van der Waals surface area contributed by atoms with Crippen molar-refractivity contribution in [2.24, 2.45) is 0 Å². The fourth-order valence-corrected chi connectivity index (χ4v) is 1.06. The molecule has 0 radical (unpaired) electrons. The Morgan fingerprint density at radius 3 is 1.94 bits per heavy atom. The van der Waals surface area contributed by atoms with Gasteiger partial charge in [-0.15, -0.1) is 0 Å². The van der Waals surface area contributed by atoms with Gasteiger partial charge in [0.25, 0.3) is 5.92 Å². The quantitative estimate of drug-likeness (QED) is 0.811. The van der Waals surface area contributed by atoms with Crippen LogP contribution in [-0.4, -0.2) is 24.2 Å². The predicted octanol–water partition coefficient (Wildman–Crippen LogP) is 2.74. The molecule has 96 valence electrons. The molecule has 0 aliphatic rings. The second-order valence-corrected chi connectivity index (χ2v) is 3.44. The summed E-state index contributed by atoms with van der Waals surface area (Å²) in [6.07, 6.45) is -4.45. The third kappa shape index (κ3) is 4.18. The van der Waals surface area contributed by atoms with Crippen LogP contribution in [-0.2, 0) is 6.18 Å². The van der Waals surface area contributed by atoms with E-state index in [1.165, 1.54) is 0 Å². The number of halogens is 5. The lowest BCUT2D eigenvalue weighted by molar-refractivity contribution is -0.137. The van der Waals surface area contributed by atoms with Gasteiger partial charge in [-0.2, -0.15) is 13.2 Å². The summed E-state index contributed by atoms with van der Waals surface area (Å²) in [5.41, 5.74) is -0.719. The van der Waals surface area contributed by atoms with E-state index in [2.05, 4.69) is 5.32 Å². The van der Waals surface area contributed by atoms with Crippen LogP contribution in [0.4, 0.5) is 27.6 Å². The third-order valence-electron chi connectivity index (χ3n) is 1.99. The van der Waals surface area contributed by atoms with Crippen LogP contribution in [0.15, 0.2) is 24.3 Å². The lowest BCUT2D eigenvalue weighted by atomic mass is 10.2. The fraction of sp³-hybridized carbons (Fsp3) is 0.400. The number of nitrogens with one attached hydrogen (secondary N) is 1. The van der Waals surface area contributed by atoms with Gasteiger partial charge in [-0.3, -0.25) is 0 Å². The minimum atomic E-state index is -4.45. The Kier molecular flexibility index (Phi) is 3.92. The van der Waals surface area contributed by atoms with Gasteiger partial charge in [0, 0.05) is 5.69 Å². The zero-order valence-electron chi connectivity index (χ0n) is 8.56. The first-order valence-corrected chi connectivity index (χ1v) is 4.64. The third-order valence-corrected chi connectivity index (χ3v) is 1.99. The molecule has 0 saturated carbocycles. The molecular formula is C10H10F5NO. The van der Waals surface area contributed by atoms with E-state index in [0.717, 1.165) is 24.3 Å². The maximum Gasteiger partial charge on any atom is 0.416 e. The molecule has 1 aromatic carbocycles. The molecule has 2 N–H and O–H groups in total. The Balaban J connectivity index is 2.64. The molecule has 0 aliphatic heterocycles. The van der Waals surface area contributed by atoms with Crippen molar-refractivity contribution in [2.75, 3.05) is 18.5 Å². The Morgan fingerprint density at radius 2 is 1.53 bits per heavy atom. The zero-order valence-corrected chi connectivity index (χ0v) is 8.56. The number of hydrogen-bond acceptors (Lipinski definition) is 2. The highest BCUT2D eigenvalue weighted by atomic mass is 19.4. The maximum absolute atomic E-state index is 12.6. The van der Waals surface area contributed by atoms with E-state index < -0.39 is 30.8 Å². The van der Waals surface area contributed by atoms with Crippen molar-refractivity contribution in [2.45, 2.75) is 12.1 Å². The first-order valence-electron chi connectivity index (χ1n) is 4.64. The van der Waals surface area contributed by atoms with Crippen molar-refractivity contribution >= 4 is 5.69 Å². The zero-order chi connectivity index (χ0) is 13.1. The summed E-state index contributed by atoms with van der Waals surface area (Å²) in [7, 11) is 0. The molecule has 0 amide bonds. The minimum absolute atomic E-state index is 0.131. The largest absolute Gasteiger partial charge is 0.416 e. The number of rotatable bonds is 4. The van der Waals surface area contributed by atoms with Crippen LogP contribution in [0.5, 0.6) is 0 Å². The van der Waals surface area contributed by atoms with E-state index in [4.69, 9.17) is 5.11 Å². The molecule has 0 atom stereocenters. The first-order chi connectivity index (χ1) is 7.74. The van der Waals surface area contributed by atoms with Gasteiger partial charge in [0.15, 0.2) is 0 Å². The van der Waals surface area contributed by atoms with Crippen molar-refractivity contribution < 1.29 is 27.1 Å². The standard InChI is InChI=1S/C10H10F5NO/c11-9(12,6-17)5-16-8-3-1-7(2-4-8)10(13,14)15/h1-4,16-17H,5-6H2. The van der Waals surface area contributed by atoms with E-state index in [-0.39, 0.29) is 5.69 Å². The molecule has 1 rings (SSSR count). The van der Waals surface area contributed by atoms with Gasteiger partial charge >= 0.3 is 6.18 Å². The average Bonchev–Trinajstić information content (AvgIpc) is 2.26. The van der Waals surface area contributed by atoms with Gasteiger partial charge in [0.05, 0.1) is 12.1 Å². The highest BCUT2D eigenvalue weighted by Crippen LogP contribution is 2.29. The number of benzene rings is 1. The van der Waals surface area contributed by atoms with Crippen LogP contribution in [0.2, 0.25) is 0 Å². The molecule has 0 bridgehead atoms. The summed E-state index contributed by atoms with van der Waals surface area (Å²) >= 11 is 0. The number of alkyl halides is 5. The van der Waals surface area contributed by atoms with Gasteiger partial charge in [-0.1, -0.05) is 0 Å². The summed E-state index contributed by atoms with van der Waals surface area (Å²) in [6.45, 7) is -2.16. The first kappa shape index (κ1) is 13.7. The van der Waals surface area contributed by atoms with E-state index >= 15 is 0 Å². The molecule has 0 heterocycles. The molecule has 7 heteroatoms. The Hall–Kier alpha value is -1.37. The van der Waals surface area contributed by atoms with Crippen LogP contribution in [0, 0.1) is 0 Å². The average molecular weight is 255 g/mol. The highest BCUT2D eigenvalue weighted by Gasteiger charge is 2.30. The molecule has 0 unspecified atom stereocenters. The molecule has 0 saturated heterocycles. The van der Waals surface area contributed by atoms with Gasteiger partial charge < -0.3 is 10.4 Å². The summed E-state index contributed by atoms with van der Waals surface area (Å²) in [6, 6.07) is 3.69. The van der Waals surface area contributed by atoms with Crippen LogP contribution in [0.3, 0.4) is 0 Å². The summed E-state index contributed by atoms with van der Waals surface area (Å²) in [4.78, 5) is 0. The molecule has 2 nitrogen and oxygen atoms in total. The Morgan fingerprint density at radius 1 is 1.00 bits per heavy atom. The highest BCUT2D eigenvalue weighted by molar-refractivity contribution is 5.45. The van der Waals surface area contributed by atoms with Crippen molar-refractivity contribution in [3.8, 4) is 0 Å². The van der Waals surface area contributed by atoms with Crippen LogP contribution in [0.1, 0.15) is 5.56 Å². The summed E-state index contributed by atoms with van der Waals surface area (Å²) in [5.74, 6) is -3.30. The van der Waals surface area contributed by atoms with Crippen LogP contribution >= 0.6 is 0 Å². The Labute approximate surface area is 94.1 Å². The minimum Gasteiger partial charge on any atom is -0.390 e. The van der Waals surface area contributed by atoms with Crippen molar-refractivity contribution in [3.63, 3.8) is 0 Å². The van der Waals surface area contributed by atoms with Crippen molar-refractivity contribution in [3.05, 3.63) is 29.8 Å². The topological polar surface area (TPSA) is 32.3 Å². The number of aliphatic hydroxyl groups excluding tert-OH is 1. The number of anilines is 1. The van der Waals surface area contributed by atoms with Crippen molar-refractivity contribution in [1.29, 1.82) is 0 Å². The Bertz CT molecular complexity index is 360. The SMILES string of the molecule is OCC(F)(F)CNc1ccc(C(F)(F)F)cc1. The van der Waals surface area contributed by atoms with Gasteiger partial charge in [-0.05, 0) is 24.3 Å². The number of aliphatic hydroxyl groups is 1. The van der Waals surface area contributed by atoms with Crippen LogP contribution < -0.4 is 5.32 Å². The summed E-state index contributed by atoms with van der Waals surface area (Å²) < 4.78 is 61.8. The number of hydrogen-bond donors (Lipinski definition) is 2. The van der Waals surface area contributed by atoms with Crippen LogP contribution in [0.25, 0.3) is 0 Å². The second-order valence-electron chi connectivity index (χ2n) is 3.44. The molecule has 0 aliphatic carbocycles. The molecule has 1 aromatic rings. The molecule has 0 aromatic heterocycles. The predicted molar refractivity (Wildman–Crippen MR) is 52.0 cm³/mol. The van der Waals surface area contributed by atoms with E-state index in [1.54, 1.807) is 0 Å². The van der Waals surface area contributed by atoms with Gasteiger partial charge in [0.2, 0.25) is 0 Å². The molecular weight excluding hydrogens is 245 g/mol. The lowest BCUT2D eigenvalue weighted by Crippen LogP contribution is -2.30. The van der Waals surface area contributed by atoms with E-state index in [1.807, 2.05) is 0 Å². The molecule has 17 heavy (non-hydrogen) atoms. The second kappa shape index (κ2) is 4.87. The monoisotopic (exact) mass is 255 g/mol.